The van der Waals surface area contributed by atoms with E-state index in [9.17, 15) is 8.42 Å². The molecule has 14 heavy (non-hydrogen) atoms. The molecule has 74 valence electrons. The molecule has 2 aliphatic carbocycles. The lowest BCUT2D eigenvalue weighted by molar-refractivity contribution is 0.491. The summed E-state index contributed by atoms with van der Waals surface area (Å²) < 4.78 is 31.3. The average Bonchev–Trinajstić information content (AvgIpc) is 2.55. The van der Waals surface area contributed by atoms with Gasteiger partial charge in [0.25, 0.3) is 10.1 Å². The van der Waals surface area contributed by atoms with Crippen LogP contribution in [0.2, 0.25) is 0 Å². The summed E-state index contributed by atoms with van der Waals surface area (Å²) in [5, 5.41) is 0. The van der Waals surface area contributed by atoms with Crippen LogP contribution in [0, 0.1) is 0 Å². The van der Waals surface area contributed by atoms with Gasteiger partial charge in [0.05, 0.1) is 0 Å². The molecule has 0 amide bonds. The van der Waals surface area contributed by atoms with E-state index in [-0.39, 0.29) is 4.91 Å². The zero-order valence-corrected chi connectivity index (χ0v) is 8.72. The number of rotatable bonds is 1. The lowest BCUT2D eigenvalue weighted by atomic mass is 10.1. The zero-order chi connectivity index (χ0) is 10.5. The molecule has 2 aliphatic rings. The summed E-state index contributed by atoms with van der Waals surface area (Å²) in [6.45, 7) is 3.56. The third kappa shape index (κ3) is 1.11. The van der Waals surface area contributed by atoms with Gasteiger partial charge in [-0.3, -0.25) is 4.55 Å². The molecule has 0 radical (unpaired) electrons. The second-order valence-corrected chi connectivity index (χ2v) is 4.77. The lowest BCUT2D eigenvalue weighted by Gasteiger charge is -2.01. The fourth-order valence-electron chi connectivity index (χ4n) is 1.85. The molecule has 0 aliphatic heterocycles. The van der Waals surface area contributed by atoms with Crippen LogP contribution in [-0.4, -0.2) is 13.0 Å². The molecule has 0 spiro atoms. The van der Waals surface area contributed by atoms with Crippen molar-refractivity contribution in [3.63, 3.8) is 0 Å². The molecule has 0 aromatic rings. The van der Waals surface area contributed by atoms with Crippen LogP contribution in [0.5, 0.6) is 0 Å². The Bertz CT molecular complexity index is 528. The Kier molecular flexibility index (Phi) is 1.81. The average molecular weight is 210 g/mol. The first-order valence-electron chi connectivity index (χ1n) is 4.21. The molecule has 0 saturated carbocycles. The highest BCUT2D eigenvalue weighted by molar-refractivity contribution is 7.90. The Morgan fingerprint density at radius 3 is 2.43 bits per heavy atom. The van der Waals surface area contributed by atoms with E-state index < -0.39 is 10.1 Å². The molecular formula is C10H10O3S. The van der Waals surface area contributed by atoms with E-state index in [1.54, 1.807) is 19.1 Å². The SMILES string of the molecule is CC1=C2C=CC=C2C(S(=O)(=O)O)=C1C. The summed E-state index contributed by atoms with van der Waals surface area (Å²) >= 11 is 0. The highest BCUT2D eigenvalue weighted by Crippen LogP contribution is 2.41. The maximum atomic E-state index is 11.1. The van der Waals surface area contributed by atoms with Gasteiger partial charge in [0.1, 0.15) is 4.91 Å². The molecule has 0 saturated heterocycles. The molecule has 2 rings (SSSR count). The van der Waals surface area contributed by atoms with Crippen LogP contribution >= 0.6 is 0 Å². The van der Waals surface area contributed by atoms with Gasteiger partial charge in [0.2, 0.25) is 0 Å². The van der Waals surface area contributed by atoms with Crippen molar-refractivity contribution in [2.75, 3.05) is 0 Å². The quantitative estimate of drug-likeness (QED) is 0.673. The Balaban J connectivity index is 2.71. The number of hydrogen-bond donors (Lipinski definition) is 1. The second kappa shape index (κ2) is 2.68. The molecule has 4 heteroatoms. The predicted molar refractivity (Wildman–Crippen MR) is 54.2 cm³/mol. The minimum atomic E-state index is -4.11. The van der Waals surface area contributed by atoms with E-state index in [0.717, 1.165) is 11.1 Å². The summed E-state index contributed by atoms with van der Waals surface area (Å²) in [6, 6.07) is 0. The van der Waals surface area contributed by atoms with E-state index >= 15 is 0 Å². The van der Waals surface area contributed by atoms with Gasteiger partial charge in [-0.05, 0) is 30.6 Å². The van der Waals surface area contributed by atoms with E-state index in [4.69, 9.17) is 4.55 Å². The number of fused-ring (bicyclic) bond motifs is 1. The van der Waals surface area contributed by atoms with Crippen LogP contribution in [0.3, 0.4) is 0 Å². The van der Waals surface area contributed by atoms with Crippen molar-refractivity contribution in [3.8, 4) is 0 Å². The monoisotopic (exact) mass is 210 g/mol. The highest BCUT2D eigenvalue weighted by atomic mass is 32.2. The first kappa shape index (κ1) is 9.43. The van der Waals surface area contributed by atoms with Crippen LogP contribution in [-0.2, 0) is 10.1 Å². The predicted octanol–water partition coefficient (Wildman–Crippen LogP) is 1.97. The fraction of sp³-hybridized carbons (Fsp3) is 0.200. The third-order valence-corrected chi connectivity index (χ3v) is 3.67. The van der Waals surface area contributed by atoms with Crippen molar-refractivity contribution in [2.45, 2.75) is 13.8 Å². The van der Waals surface area contributed by atoms with Crippen molar-refractivity contribution in [1.82, 2.24) is 0 Å². The van der Waals surface area contributed by atoms with E-state index in [2.05, 4.69) is 0 Å². The minimum Gasteiger partial charge on any atom is -0.282 e. The lowest BCUT2D eigenvalue weighted by Crippen LogP contribution is -2.03. The summed E-state index contributed by atoms with van der Waals surface area (Å²) in [6.07, 6.45) is 5.34. The topological polar surface area (TPSA) is 54.4 Å². The number of hydrogen-bond acceptors (Lipinski definition) is 2. The van der Waals surface area contributed by atoms with Gasteiger partial charge in [-0.2, -0.15) is 8.42 Å². The molecule has 0 aromatic heterocycles. The van der Waals surface area contributed by atoms with Crippen LogP contribution < -0.4 is 0 Å². The fourth-order valence-corrected chi connectivity index (χ4v) is 2.85. The van der Waals surface area contributed by atoms with Crippen molar-refractivity contribution in [1.29, 1.82) is 0 Å². The molecule has 0 aromatic carbocycles. The van der Waals surface area contributed by atoms with Gasteiger partial charge in [-0.15, -0.1) is 0 Å². The van der Waals surface area contributed by atoms with Crippen LogP contribution in [0.4, 0.5) is 0 Å². The summed E-state index contributed by atoms with van der Waals surface area (Å²) in [4.78, 5) is 0.0509. The summed E-state index contributed by atoms with van der Waals surface area (Å²) in [7, 11) is -4.11. The maximum Gasteiger partial charge on any atom is 0.295 e. The molecule has 0 atom stereocenters. The molecule has 0 unspecified atom stereocenters. The Morgan fingerprint density at radius 2 is 1.86 bits per heavy atom. The first-order valence-corrected chi connectivity index (χ1v) is 5.65. The minimum absolute atomic E-state index is 0.0509. The Morgan fingerprint density at radius 1 is 1.21 bits per heavy atom. The molecule has 0 fully saturated rings. The van der Waals surface area contributed by atoms with Gasteiger partial charge in [0, 0.05) is 5.57 Å². The van der Waals surface area contributed by atoms with Gasteiger partial charge < -0.3 is 0 Å². The maximum absolute atomic E-state index is 11.1. The standard InChI is InChI=1S/C10H10O3S/c1-6-7(2)10(14(11,12)13)9-5-3-4-8(6)9/h3-5H,1-2H3,(H,11,12,13). The highest BCUT2D eigenvalue weighted by Gasteiger charge is 2.31. The summed E-state index contributed by atoms with van der Waals surface area (Å²) in [5.41, 5.74) is 3.06. The Hall–Kier alpha value is -1.13. The van der Waals surface area contributed by atoms with Crippen LogP contribution in [0.25, 0.3) is 0 Å². The van der Waals surface area contributed by atoms with Crippen molar-refractivity contribution in [2.24, 2.45) is 0 Å². The van der Waals surface area contributed by atoms with Crippen molar-refractivity contribution in [3.05, 3.63) is 45.4 Å². The largest absolute Gasteiger partial charge is 0.295 e. The zero-order valence-electron chi connectivity index (χ0n) is 7.90. The van der Waals surface area contributed by atoms with Gasteiger partial charge in [-0.1, -0.05) is 18.2 Å². The molecule has 0 heterocycles. The smallest absolute Gasteiger partial charge is 0.282 e. The molecular weight excluding hydrogens is 200 g/mol. The van der Waals surface area contributed by atoms with Crippen LogP contribution in [0.15, 0.2) is 45.4 Å². The third-order valence-electron chi connectivity index (χ3n) is 2.63. The van der Waals surface area contributed by atoms with Gasteiger partial charge >= 0.3 is 0 Å². The first-order chi connectivity index (χ1) is 6.43. The van der Waals surface area contributed by atoms with Gasteiger partial charge in [0.15, 0.2) is 0 Å². The number of allylic oxidation sites excluding steroid dienone is 7. The van der Waals surface area contributed by atoms with E-state index in [0.29, 0.717) is 11.1 Å². The normalized spacial score (nSPS) is 20.6. The molecule has 1 N–H and O–H groups in total. The van der Waals surface area contributed by atoms with E-state index in [1.807, 2.05) is 13.0 Å². The van der Waals surface area contributed by atoms with Gasteiger partial charge in [-0.25, -0.2) is 0 Å². The Labute approximate surface area is 82.9 Å². The molecule has 3 nitrogen and oxygen atoms in total. The molecule has 0 bridgehead atoms. The van der Waals surface area contributed by atoms with Crippen LogP contribution in [0.1, 0.15) is 13.8 Å². The van der Waals surface area contributed by atoms with Crippen molar-refractivity contribution < 1.29 is 13.0 Å². The summed E-state index contributed by atoms with van der Waals surface area (Å²) in [5.74, 6) is 0. The van der Waals surface area contributed by atoms with Crippen molar-refractivity contribution >= 4 is 10.1 Å². The van der Waals surface area contributed by atoms with E-state index in [1.165, 1.54) is 0 Å². The second-order valence-electron chi connectivity index (χ2n) is 3.41.